The number of methoxy groups -OCH3 is 1. The van der Waals surface area contributed by atoms with Crippen LogP contribution in [0, 0.1) is 5.41 Å². The number of ether oxygens (including phenoxy) is 3. The molecule has 0 aliphatic carbocycles. The summed E-state index contributed by atoms with van der Waals surface area (Å²) in [5, 5.41) is 3.40. The van der Waals surface area contributed by atoms with Crippen molar-refractivity contribution in [3.05, 3.63) is 41.5 Å². The number of nitrogens with one attached hydrogen (secondary N) is 1. The van der Waals surface area contributed by atoms with E-state index >= 15 is 0 Å². The van der Waals surface area contributed by atoms with E-state index < -0.39 is 45.1 Å². The molecule has 1 amide bonds. The van der Waals surface area contributed by atoms with Gasteiger partial charge in [0.25, 0.3) is 5.91 Å². The lowest BCUT2D eigenvalue weighted by atomic mass is 9.89. The van der Waals surface area contributed by atoms with E-state index in [4.69, 9.17) is 27.2 Å². The van der Waals surface area contributed by atoms with E-state index in [1.807, 2.05) is 12.1 Å². The van der Waals surface area contributed by atoms with Gasteiger partial charge in [-0.25, -0.2) is 9.36 Å². The summed E-state index contributed by atoms with van der Waals surface area (Å²) >= 11 is 0. The summed E-state index contributed by atoms with van der Waals surface area (Å²) in [6.45, 7) is 32.4. The Bertz CT molecular complexity index is 2080. The van der Waals surface area contributed by atoms with Gasteiger partial charge < -0.3 is 32.6 Å². The van der Waals surface area contributed by atoms with Gasteiger partial charge in [-0.3, -0.25) is 9.69 Å². The minimum atomic E-state index is -3.97. The molecular formula is C42H67N3O10SSi2. The van der Waals surface area contributed by atoms with Gasteiger partial charge in [-0.05, 0) is 94.3 Å². The molecule has 0 radical (unpaired) electrons. The maximum atomic E-state index is 14.0. The lowest BCUT2D eigenvalue weighted by Gasteiger charge is -2.41. The van der Waals surface area contributed by atoms with E-state index in [1.54, 1.807) is 32.9 Å². The van der Waals surface area contributed by atoms with Gasteiger partial charge in [0.1, 0.15) is 18.0 Å². The molecule has 4 rings (SSSR count). The molecule has 0 spiro atoms. The van der Waals surface area contributed by atoms with Crippen LogP contribution >= 0.6 is 0 Å². The van der Waals surface area contributed by atoms with Crippen LogP contribution in [-0.2, 0) is 30.3 Å². The number of rotatable bonds is 16. The molecule has 1 aliphatic heterocycles. The molecule has 13 nitrogen and oxygen atoms in total. The van der Waals surface area contributed by atoms with Gasteiger partial charge in [0.05, 0.1) is 42.3 Å². The summed E-state index contributed by atoms with van der Waals surface area (Å²) in [6, 6.07) is 8.76. The average Bonchev–Trinajstić information content (AvgIpc) is 3.64. The maximum absolute atomic E-state index is 14.0. The molecule has 1 aromatic heterocycles. The molecule has 0 saturated carbocycles. The molecule has 16 heteroatoms. The molecule has 1 aliphatic rings. The van der Waals surface area contributed by atoms with Crippen molar-refractivity contribution in [3.8, 4) is 28.5 Å². The van der Waals surface area contributed by atoms with Crippen LogP contribution < -0.4 is 19.0 Å². The van der Waals surface area contributed by atoms with Gasteiger partial charge in [0.15, 0.2) is 28.9 Å². The number of nitrogens with zero attached hydrogens (tertiary/aromatic N) is 2. The predicted molar refractivity (Wildman–Crippen MR) is 235 cm³/mol. The normalized spacial score (nSPS) is 15.1. The summed E-state index contributed by atoms with van der Waals surface area (Å²) in [7, 11) is -6.10. The van der Waals surface area contributed by atoms with E-state index in [0.29, 0.717) is 46.6 Å². The fourth-order valence-corrected chi connectivity index (χ4v) is 9.54. The molecule has 0 fully saturated rings. The standard InChI is InChI=1S/C42H67N3O10SSi2/c1-17-44(25-35(40(2,3)4)54-57(13)14)24-29(55-58(15,16)42(8,9)10)26-51-28-18-19-32-27(20-28)21-33(45(32)39(47)52-41(5,6)7)30-22-34(50-11)37(53-56(12,48)49)31-23-43-38(46)36(30)31/h18-22,29,35,57H,17,23-26H2,1-16H3,(H,43,46). The third-order valence-corrected chi connectivity index (χ3v) is 16.4. The molecule has 0 saturated heterocycles. The first-order valence-electron chi connectivity index (χ1n) is 20.0. The van der Waals surface area contributed by atoms with E-state index in [-0.39, 0.29) is 46.3 Å². The molecule has 324 valence electrons. The van der Waals surface area contributed by atoms with E-state index in [9.17, 15) is 18.0 Å². The Balaban J connectivity index is 1.79. The second-order valence-electron chi connectivity index (χ2n) is 19.0. The number of likely N-dealkylation sites (N-methyl/N-ethyl adjacent to an activating group) is 1. The quantitative estimate of drug-likeness (QED) is 0.110. The molecule has 3 aromatic rings. The van der Waals surface area contributed by atoms with Crippen molar-refractivity contribution in [1.29, 1.82) is 0 Å². The maximum Gasteiger partial charge on any atom is 0.419 e. The average molecular weight is 862 g/mol. The molecule has 58 heavy (non-hydrogen) atoms. The van der Waals surface area contributed by atoms with Crippen molar-refractivity contribution in [2.24, 2.45) is 5.41 Å². The summed E-state index contributed by atoms with van der Waals surface area (Å²) in [5.74, 6) is 0.126. The minimum absolute atomic E-state index is 0.00475. The van der Waals surface area contributed by atoms with Gasteiger partial charge >= 0.3 is 16.2 Å². The highest BCUT2D eigenvalue weighted by Crippen LogP contribution is 2.44. The van der Waals surface area contributed by atoms with Crippen LogP contribution in [0.3, 0.4) is 0 Å². The lowest BCUT2D eigenvalue weighted by molar-refractivity contribution is 0.0241. The molecular weight excluding hydrogens is 795 g/mol. The summed E-state index contributed by atoms with van der Waals surface area (Å²) in [4.78, 5) is 29.8. The number of benzene rings is 2. The Labute approximate surface area is 349 Å². The number of carbonyl (C=O) groups is 2. The SMILES string of the molecule is CCN(CC(COc1ccc2c(c1)cc(-c1cc(OC)c(OS(C)(=O)=O)c3c1C(=O)NC3)n2C(=O)OC(C)(C)C)O[Si](C)(C)C(C)(C)C)CC(O[SiH](C)C)C(C)(C)C. The van der Waals surface area contributed by atoms with Gasteiger partial charge in [-0.15, -0.1) is 0 Å². The van der Waals surface area contributed by atoms with Crippen LogP contribution in [0.25, 0.3) is 22.2 Å². The number of hydrogen-bond acceptors (Lipinski definition) is 11. The summed E-state index contributed by atoms with van der Waals surface area (Å²) in [5.41, 5.74) is 0.817. The fraction of sp³-hybridized carbons (Fsp3) is 0.619. The van der Waals surface area contributed by atoms with Crippen molar-refractivity contribution in [2.75, 3.05) is 39.6 Å². The summed E-state index contributed by atoms with van der Waals surface area (Å²) in [6.07, 6.45) is 0.103. The Morgan fingerprint density at radius 2 is 1.67 bits per heavy atom. The van der Waals surface area contributed by atoms with Crippen LogP contribution in [-0.4, -0.2) is 105 Å². The van der Waals surface area contributed by atoms with E-state index in [1.165, 1.54) is 17.7 Å². The molecule has 1 N–H and O–H groups in total. The first-order chi connectivity index (χ1) is 26.5. The fourth-order valence-electron chi connectivity index (χ4n) is 6.57. The van der Waals surface area contributed by atoms with Crippen LogP contribution in [0.5, 0.6) is 17.2 Å². The second-order valence-corrected chi connectivity index (χ2v) is 27.7. The first kappa shape index (κ1) is 47.3. The van der Waals surface area contributed by atoms with Gasteiger partial charge in [-0.1, -0.05) is 48.5 Å². The number of fused-ring (bicyclic) bond motifs is 2. The van der Waals surface area contributed by atoms with Crippen LogP contribution in [0.4, 0.5) is 4.79 Å². The van der Waals surface area contributed by atoms with E-state index in [0.717, 1.165) is 19.3 Å². The highest BCUT2D eigenvalue weighted by Gasteiger charge is 2.40. The van der Waals surface area contributed by atoms with E-state index in [2.05, 4.69) is 84.9 Å². The van der Waals surface area contributed by atoms with Crippen molar-refractivity contribution in [3.63, 3.8) is 0 Å². The van der Waals surface area contributed by atoms with Gasteiger partial charge in [-0.2, -0.15) is 8.42 Å². The second kappa shape index (κ2) is 17.7. The molecule has 2 heterocycles. The Hall–Kier alpha value is -3.42. The van der Waals surface area contributed by atoms with Crippen LogP contribution in [0.2, 0.25) is 31.2 Å². The monoisotopic (exact) mass is 861 g/mol. The van der Waals surface area contributed by atoms with Gasteiger partial charge in [0.2, 0.25) is 0 Å². The Morgan fingerprint density at radius 3 is 2.21 bits per heavy atom. The zero-order valence-electron chi connectivity index (χ0n) is 37.5. The third kappa shape index (κ3) is 11.7. The molecule has 0 bridgehead atoms. The zero-order valence-corrected chi connectivity index (χ0v) is 40.5. The molecule has 2 atom stereocenters. The largest absolute Gasteiger partial charge is 0.493 e. The molecule has 2 unspecified atom stereocenters. The smallest absolute Gasteiger partial charge is 0.419 e. The van der Waals surface area contributed by atoms with Gasteiger partial charge in [0, 0.05) is 36.1 Å². The van der Waals surface area contributed by atoms with Crippen molar-refractivity contribution in [2.45, 2.75) is 125 Å². The third-order valence-electron chi connectivity index (χ3n) is 10.5. The zero-order chi connectivity index (χ0) is 43.8. The highest BCUT2D eigenvalue weighted by molar-refractivity contribution is 7.86. The van der Waals surface area contributed by atoms with Crippen molar-refractivity contribution < 1.29 is 45.3 Å². The topological polar surface area (TPSA) is 144 Å². The first-order valence-corrected chi connectivity index (χ1v) is 27.5. The van der Waals surface area contributed by atoms with Crippen LogP contribution in [0.1, 0.15) is 85.2 Å². The Morgan fingerprint density at radius 1 is 1.02 bits per heavy atom. The molecule has 2 aromatic carbocycles. The number of amides is 1. The lowest BCUT2D eigenvalue weighted by Crippen LogP contribution is -2.51. The number of hydrogen-bond donors (Lipinski definition) is 1. The minimum Gasteiger partial charge on any atom is -0.493 e. The summed E-state index contributed by atoms with van der Waals surface area (Å²) < 4.78 is 62.9. The van der Waals surface area contributed by atoms with Crippen LogP contribution in [0.15, 0.2) is 30.3 Å². The van der Waals surface area contributed by atoms with Crippen molar-refractivity contribution >= 4 is 50.4 Å². The van der Waals surface area contributed by atoms with Crippen molar-refractivity contribution in [1.82, 2.24) is 14.8 Å². The predicted octanol–water partition coefficient (Wildman–Crippen LogP) is 8.19. The number of carbonyl (C=O) groups excluding carboxylic acids is 2. The Kier molecular flexibility index (Phi) is 14.4. The highest BCUT2D eigenvalue weighted by atomic mass is 32.2. The number of aromatic nitrogens is 1.